The van der Waals surface area contributed by atoms with E-state index in [1.165, 1.54) is 19.0 Å². The maximum Gasteiger partial charge on any atom is 0.416 e. The van der Waals surface area contributed by atoms with Crippen LogP contribution in [0.25, 0.3) is 0 Å². The summed E-state index contributed by atoms with van der Waals surface area (Å²) >= 11 is 0. The van der Waals surface area contributed by atoms with Gasteiger partial charge in [-0.3, -0.25) is 19.4 Å². The van der Waals surface area contributed by atoms with Crippen molar-refractivity contribution >= 4 is 27.3 Å². The van der Waals surface area contributed by atoms with Crippen molar-refractivity contribution in [1.82, 2.24) is 14.2 Å². The topological polar surface area (TPSA) is 120 Å². The molecule has 0 spiro atoms. The zero-order valence-electron chi connectivity index (χ0n) is 30.8. The molecule has 0 saturated heterocycles. The zero-order valence-corrected chi connectivity index (χ0v) is 31.6. The molecule has 302 valence electrons. The number of hydrogen-bond acceptors (Lipinski definition) is 8. The summed E-state index contributed by atoms with van der Waals surface area (Å²) in [5, 5.41) is 2.77. The van der Waals surface area contributed by atoms with Gasteiger partial charge >= 0.3 is 6.18 Å². The van der Waals surface area contributed by atoms with Gasteiger partial charge in [-0.05, 0) is 52.5 Å². The van der Waals surface area contributed by atoms with Crippen molar-refractivity contribution in [3.05, 3.63) is 114 Å². The van der Waals surface area contributed by atoms with Crippen molar-refractivity contribution in [3.8, 4) is 0 Å². The van der Waals surface area contributed by atoms with Gasteiger partial charge in [-0.1, -0.05) is 39.0 Å². The van der Waals surface area contributed by atoms with E-state index in [0.29, 0.717) is 17.8 Å². The number of carbonyl (C=O) groups is 1. The lowest BCUT2D eigenvalue weighted by atomic mass is 9.84. The van der Waals surface area contributed by atoms with E-state index in [2.05, 4.69) is 10.3 Å². The molecule has 1 aliphatic carbocycles. The molecule has 1 aromatic heterocycles. The Morgan fingerprint density at radius 3 is 2.05 bits per heavy atom. The number of alkyl halides is 3. The molecule has 56 heavy (non-hydrogen) atoms. The molecule has 1 N–H and O–H groups in total. The van der Waals surface area contributed by atoms with E-state index < -0.39 is 91.2 Å². The molecule has 19 heteroatoms. The summed E-state index contributed by atoms with van der Waals surface area (Å²) in [5.74, 6) is -14.5. The number of anilines is 2. The number of aromatic nitrogens is 1. The molecule has 0 aliphatic heterocycles. The molecule has 1 fully saturated rings. The first-order valence-electron chi connectivity index (χ1n) is 17.1. The Hall–Kier alpha value is -4.91. The first-order chi connectivity index (χ1) is 25.9. The SMILES string of the molecule is CN(C)c1c(NCCN(Cc2cc(C3CC3)cc(C(C)(C)C)c2)C(=O)CN(Cc2cnccc2C(F)(F)F)S(=O)(=O)c2c(F)c(F)c(F)c(F)c2F)c(=O)c1=O. The maximum absolute atomic E-state index is 15.0. The Bertz CT molecular complexity index is 2320. The summed E-state index contributed by atoms with van der Waals surface area (Å²) in [4.78, 5) is 42.3. The zero-order chi connectivity index (χ0) is 41.7. The second-order valence-corrected chi connectivity index (χ2v) is 16.6. The van der Waals surface area contributed by atoms with Gasteiger partial charge in [0.2, 0.25) is 21.7 Å². The Kier molecular flexibility index (Phi) is 11.7. The van der Waals surface area contributed by atoms with E-state index >= 15 is 8.78 Å². The Morgan fingerprint density at radius 1 is 0.893 bits per heavy atom. The standard InChI is InChI=1S/C37H37F8N5O5S/c1-36(2,3)23-13-19(12-21(14-23)20-6-7-20)16-49(11-10-47-31-32(48(4)5)34(53)33(31)52)25(51)18-50(17-22-15-46-9-8-24(22)37(43,44)45)56(54,55)35-29(41)27(39)26(38)28(40)30(35)42/h8-9,12-15,20,47H,6-7,10-11,16-18H2,1-5H3. The summed E-state index contributed by atoms with van der Waals surface area (Å²) in [7, 11) is -2.96. The first kappa shape index (κ1) is 42.2. The lowest BCUT2D eigenvalue weighted by Gasteiger charge is -2.29. The molecule has 0 atom stereocenters. The number of benzene rings is 2. The summed E-state index contributed by atoms with van der Waals surface area (Å²) in [5.41, 5.74) is -1.95. The average Bonchev–Trinajstić information content (AvgIpc) is 3.97. The fourth-order valence-corrected chi connectivity index (χ4v) is 7.61. The first-order valence-corrected chi connectivity index (χ1v) is 18.6. The highest BCUT2D eigenvalue weighted by molar-refractivity contribution is 7.89. The van der Waals surface area contributed by atoms with Crippen molar-refractivity contribution in [2.75, 3.05) is 43.9 Å². The Labute approximate surface area is 316 Å². The summed E-state index contributed by atoms with van der Waals surface area (Å²) in [6.45, 7) is 2.16. The summed E-state index contributed by atoms with van der Waals surface area (Å²) < 4.78 is 142. The minimum Gasteiger partial charge on any atom is -0.378 e. The Balaban J connectivity index is 1.59. The molecule has 3 aromatic carbocycles. The summed E-state index contributed by atoms with van der Waals surface area (Å²) in [6, 6.07) is 6.12. The highest BCUT2D eigenvalue weighted by Crippen LogP contribution is 2.42. The van der Waals surface area contributed by atoms with Crippen molar-refractivity contribution in [2.24, 2.45) is 0 Å². The van der Waals surface area contributed by atoms with Crippen LogP contribution in [-0.2, 0) is 39.5 Å². The van der Waals surface area contributed by atoms with Gasteiger partial charge in [0.15, 0.2) is 28.2 Å². The van der Waals surface area contributed by atoms with E-state index in [4.69, 9.17) is 0 Å². The van der Waals surface area contributed by atoms with Crippen LogP contribution < -0.4 is 21.1 Å². The van der Waals surface area contributed by atoms with Crippen LogP contribution in [0.4, 0.5) is 46.5 Å². The van der Waals surface area contributed by atoms with Crippen LogP contribution >= 0.6 is 0 Å². The second-order valence-electron chi connectivity index (χ2n) is 14.7. The summed E-state index contributed by atoms with van der Waals surface area (Å²) in [6.07, 6.45) is -1.99. The molecule has 1 heterocycles. The molecule has 0 bridgehead atoms. The number of amides is 1. The smallest absolute Gasteiger partial charge is 0.378 e. The number of sulfonamides is 1. The predicted molar refractivity (Wildman–Crippen MR) is 190 cm³/mol. The third kappa shape index (κ3) is 8.57. The van der Waals surface area contributed by atoms with E-state index in [-0.39, 0.29) is 46.6 Å². The average molecular weight is 816 g/mol. The normalized spacial score (nSPS) is 13.8. The van der Waals surface area contributed by atoms with E-state index in [9.17, 15) is 49.1 Å². The predicted octanol–water partition coefficient (Wildman–Crippen LogP) is 5.96. The monoisotopic (exact) mass is 815 g/mol. The largest absolute Gasteiger partial charge is 0.416 e. The minimum absolute atomic E-state index is 0.0526. The van der Waals surface area contributed by atoms with Gasteiger partial charge in [-0.25, -0.2) is 30.4 Å². The highest BCUT2D eigenvalue weighted by atomic mass is 32.2. The van der Waals surface area contributed by atoms with Crippen molar-refractivity contribution in [2.45, 2.75) is 69.1 Å². The fraction of sp³-hybridized carbons (Fsp3) is 0.405. The van der Waals surface area contributed by atoms with Crippen LogP contribution in [0.5, 0.6) is 0 Å². The highest BCUT2D eigenvalue weighted by Gasteiger charge is 2.41. The van der Waals surface area contributed by atoms with Crippen LogP contribution in [0.15, 0.2) is 51.1 Å². The maximum atomic E-state index is 15.0. The lowest BCUT2D eigenvalue weighted by Crippen LogP contribution is -2.45. The number of halogens is 8. The van der Waals surface area contributed by atoms with E-state index in [0.717, 1.165) is 35.1 Å². The lowest BCUT2D eigenvalue weighted by molar-refractivity contribution is -0.138. The molecular weight excluding hydrogens is 778 g/mol. The Morgan fingerprint density at radius 2 is 1.50 bits per heavy atom. The third-order valence-electron chi connectivity index (χ3n) is 9.31. The van der Waals surface area contributed by atoms with E-state index in [1.807, 2.05) is 32.9 Å². The molecule has 1 saturated carbocycles. The number of pyridine rings is 1. The van der Waals surface area contributed by atoms with Gasteiger partial charge in [-0.15, -0.1) is 0 Å². The molecule has 4 aromatic rings. The van der Waals surface area contributed by atoms with Crippen molar-refractivity contribution < 1.29 is 48.3 Å². The molecule has 1 aliphatic rings. The number of hydrogen-bond donors (Lipinski definition) is 1. The molecule has 10 nitrogen and oxygen atoms in total. The van der Waals surface area contributed by atoms with Crippen LogP contribution in [0.3, 0.4) is 0 Å². The van der Waals surface area contributed by atoms with Crippen molar-refractivity contribution in [3.63, 3.8) is 0 Å². The van der Waals surface area contributed by atoms with Crippen LogP contribution in [0.1, 0.15) is 67.3 Å². The van der Waals surface area contributed by atoms with Crippen LogP contribution in [-0.4, -0.2) is 62.2 Å². The molecule has 0 unspecified atom stereocenters. The van der Waals surface area contributed by atoms with Gasteiger partial charge in [0, 0.05) is 52.7 Å². The van der Waals surface area contributed by atoms with E-state index in [1.54, 1.807) is 6.07 Å². The number of nitrogens with one attached hydrogen (secondary N) is 1. The molecular formula is C37H37F8N5O5S. The van der Waals surface area contributed by atoms with Crippen molar-refractivity contribution in [1.29, 1.82) is 0 Å². The quantitative estimate of drug-likeness (QED) is 0.0717. The van der Waals surface area contributed by atoms with Gasteiger partial charge in [0.1, 0.15) is 11.4 Å². The van der Waals surface area contributed by atoms with Crippen LogP contribution in [0.2, 0.25) is 0 Å². The number of nitrogens with zero attached hydrogens (tertiary/aromatic N) is 4. The fourth-order valence-electron chi connectivity index (χ4n) is 6.13. The van der Waals surface area contributed by atoms with Gasteiger partial charge in [0.05, 0.1) is 12.1 Å². The van der Waals surface area contributed by atoms with Gasteiger partial charge < -0.3 is 15.1 Å². The van der Waals surface area contributed by atoms with Crippen LogP contribution in [0, 0.1) is 29.1 Å². The third-order valence-corrected chi connectivity index (χ3v) is 11.1. The number of carbonyl (C=O) groups excluding carboxylic acids is 1. The minimum atomic E-state index is -6.00. The molecule has 1 amide bonds. The van der Waals surface area contributed by atoms with Gasteiger partial charge in [-0.2, -0.15) is 17.5 Å². The molecule has 0 radical (unpaired) electrons. The number of rotatable bonds is 14. The second kappa shape index (κ2) is 15.6. The van der Waals surface area contributed by atoms with Gasteiger partial charge in [0.25, 0.3) is 10.9 Å². The molecule has 5 rings (SSSR count).